The van der Waals surface area contributed by atoms with Crippen LogP contribution in [0.4, 0.5) is 0 Å². The van der Waals surface area contributed by atoms with Crippen molar-refractivity contribution in [3.8, 4) is 5.75 Å². The third-order valence-electron chi connectivity index (χ3n) is 3.19. The Bertz CT molecular complexity index is 421. The van der Waals surface area contributed by atoms with Crippen molar-refractivity contribution in [1.29, 1.82) is 0 Å². The van der Waals surface area contributed by atoms with E-state index < -0.39 is 10.8 Å². The Labute approximate surface area is 119 Å². The highest BCUT2D eigenvalue weighted by Crippen LogP contribution is 2.26. The van der Waals surface area contributed by atoms with Gasteiger partial charge >= 0.3 is 0 Å². The van der Waals surface area contributed by atoms with Gasteiger partial charge in [0.05, 0.1) is 7.11 Å². The molecule has 0 heterocycles. The number of aryl methyl sites for hydroxylation is 1. The topological polar surface area (TPSA) is 38.3 Å². The maximum atomic E-state index is 12.1. The Balaban J connectivity index is 2.84. The monoisotopic (exact) mass is 283 g/mol. The quantitative estimate of drug-likeness (QED) is 0.797. The summed E-state index contributed by atoms with van der Waals surface area (Å²) in [6.45, 7) is 4.18. The van der Waals surface area contributed by atoms with E-state index in [4.69, 9.17) is 4.74 Å². The van der Waals surface area contributed by atoms with E-state index in [1.807, 2.05) is 19.2 Å². The summed E-state index contributed by atoms with van der Waals surface area (Å²) >= 11 is 0. The van der Waals surface area contributed by atoms with E-state index in [9.17, 15) is 4.21 Å². The highest BCUT2D eigenvalue weighted by atomic mass is 32.2. The van der Waals surface area contributed by atoms with Crippen LogP contribution in [0.15, 0.2) is 18.2 Å². The number of nitrogens with one attached hydrogen (secondary N) is 1. The fourth-order valence-corrected chi connectivity index (χ4v) is 3.52. The Morgan fingerprint density at radius 1 is 1.42 bits per heavy atom. The average Bonchev–Trinajstić information content (AvgIpc) is 2.42. The Hall–Kier alpha value is -0.870. The van der Waals surface area contributed by atoms with Gasteiger partial charge in [0.25, 0.3) is 0 Å². The zero-order valence-corrected chi connectivity index (χ0v) is 13.2. The second kappa shape index (κ2) is 8.33. The summed E-state index contributed by atoms with van der Waals surface area (Å²) in [5, 5.41) is 3.25. The number of methoxy groups -OCH3 is 1. The second-order valence-corrected chi connectivity index (χ2v) is 6.37. The maximum absolute atomic E-state index is 12.1. The van der Waals surface area contributed by atoms with Crippen molar-refractivity contribution in [1.82, 2.24) is 5.32 Å². The molecule has 19 heavy (non-hydrogen) atoms. The first-order valence-electron chi connectivity index (χ1n) is 6.79. The smallest absolute Gasteiger partial charge is 0.123 e. The van der Waals surface area contributed by atoms with Gasteiger partial charge in [0.1, 0.15) is 5.75 Å². The van der Waals surface area contributed by atoms with E-state index in [0.29, 0.717) is 5.75 Å². The maximum Gasteiger partial charge on any atom is 0.123 e. The molecule has 1 aromatic rings. The number of ether oxygens (including phenoxy) is 1. The van der Waals surface area contributed by atoms with Crippen molar-refractivity contribution in [2.45, 2.75) is 32.7 Å². The summed E-state index contributed by atoms with van der Waals surface area (Å²) in [6, 6.07) is 6.19. The molecule has 2 unspecified atom stereocenters. The highest BCUT2D eigenvalue weighted by Gasteiger charge is 2.17. The van der Waals surface area contributed by atoms with Crippen molar-refractivity contribution in [2.75, 3.05) is 25.7 Å². The van der Waals surface area contributed by atoms with Gasteiger partial charge < -0.3 is 10.1 Å². The molecule has 1 aromatic carbocycles. The van der Waals surface area contributed by atoms with Gasteiger partial charge in [-0.3, -0.25) is 4.21 Å². The predicted molar refractivity (Wildman–Crippen MR) is 82.3 cm³/mol. The molecular formula is C15H25NO2S. The molecule has 0 aliphatic heterocycles. The SMILES string of the molecule is CCCCS(=O)CC(NC)c1cc(C)ccc1OC. The van der Waals surface area contributed by atoms with Crippen LogP contribution in [0, 0.1) is 6.92 Å². The fourth-order valence-electron chi connectivity index (χ4n) is 2.03. The lowest BCUT2D eigenvalue weighted by molar-refractivity contribution is 0.404. The normalized spacial score (nSPS) is 14.1. The molecule has 0 aromatic heterocycles. The molecule has 0 radical (unpaired) electrons. The van der Waals surface area contributed by atoms with Crippen LogP contribution in [0.3, 0.4) is 0 Å². The lowest BCUT2D eigenvalue weighted by Gasteiger charge is -2.19. The molecular weight excluding hydrogens is 258 g/mol. The number of unbranched alkanes of at least 4 members (excludes halogenated alkanes) is 1. The van der Waals surface area contributed by atoms with E-state index in [1.165, 1.54) is 5.56 Å². The average molecular weight is 283 g/mol. The van der Waals surface area contributed by atoms with E-state index >= 15 is 0 Å². The molecule has 0 bridgehead atoms. The van der Waals surface area contributed by atoms with Gasteiger partial charge in [-0.05, 0) is 26.5 Å². The van der Waals surface area contributed by atoms with Crippen LogP contribution < -0.4 is 10.1 Å². The number of rotatable bonds is 8. The van der Waals surface area contributed by atoms with Crippen LogP contribution in [-0.2, 0) is 10.8 Å². The molecule has 108 valence electrons. The molecule has 0 aliphatic carbocycles. The van der Waals surface area contributed by atoms with Crippen molar-refractivity contribution in [3.05, 3.63) is 29.3 Å². The van der Waals surface area contributed by atoms with Crippen molar-refractivity contribution in [3.63, 3.8) is 0 Å². The van der Waals surface area contributed by atoms with Gasteiger partial charge in [-0.25, -0.2) is 0 Å². The molecule has 0 fully saturated rings. The van der Waals surface area contributed by atoms with Crippen LogP contribution in [0.2, 0.25) is 0 Å². The lowest BCUT2D eigenvalue weighted by Crippen LogP contribution is -2.24. The van der Waals surface area contributed by atoms with Crippen molar-refractivity contribution < 1.29 is 8.95 Å². The number of hydrogen-bond acceptors (Lipinski definition) is 3. The molecule has 3 nitrogen and oxygen atoms in total. The minimum atomic E-state index is -0.785. The second-order valence-electron chi connectivity index (χ2n) is 4.75. The first-order valence-corrected chi connectivity index (χ1v) is 8.28. The Morgan fingerprint density at radius 3 is 2.74 bits per heavy atom. The third-order valence-corrected chi connectivity index (χ3v) is 4.64. The zero-order chi connectivity index (χ0) is 14.3. The molecule has 1 rings (SSSR count). The van der Waals surface area contributed by atoms with Gasteiger partial charge in [0.2, 0.25) is 0 Å². The highest BCUT2D eigenvalue weighted by molar-refractivity contribution is 7.85. The van der Waals surface area contributed by atoms with E-state index in [0.717, 1.165) is 29.9 Å². The Morgan fingerprint density at radius 2 is 2.16 bits per heavy atom. The van der Waals surface area contributed by atoms with Crippen LogP contribution >= 0.6 is 0 Å². The third kappa shape index (κ3) is 4.96. The summed E-state index contributed by atoms with van der Waals surface area (Å²) < 4.78 is 17.5. The Kier molecular flexibility index (Phi) is 7.10. The first-order chi connectivity index (χ1) is 9.12. The molecule has 0 saturated heterocycles. The van der Waals surface area contributed by atoms with Gasteiger partial charge in [0, 0.05) is 33.9 Å². The molecule has 1 N–H and O–H groups in total. The molecule has 4 heteroatoms. The summed E-state index contributed by atoms with van der Waals surface area (Å²) in [6.07, 6.45) is 2.11. The molecule has 0 saturated carbocycles. The summed E-state index contributed by atoms with van der Waals surface area (Å²) in [7, 11) is 2.80. The summed E-state index contributed by atoms with van der Waals surface area (Å²) in [5.41, 5.74) is 2.28. The van der Waals surface area contributed by atoms with Gasteiger partial charge in [-0.1, -0.05) is 31.0 Å². The minimum absolute atomic E-state index is 0.0764. The van der Waals surface area contributed by atoms with Crippen molar-refractivity contribution in [2.24, 2.45) is 0 Å². The summed E-state index contributed by atoms with van der Waals surface area (Å²) in [5.74, 6) is 2.27. The molecule has 0 spiro atoms. The van der Waals surface area contributed by atoms with E-state index in [1.54, 1.807) is 7.11 Å². The van der Waals surface area contributed by atoms with Crippen LogP contribution in [0.25, 0.3) is 0 Å². The van der Waals surface area contributed by atoms with Gasteiger partial charge in [-0.15, -0.1) is 0 Å². The number of hydrogen-bond donors (Lipinski definition) is 1. The minimum Gasteiger partial charge on any atom is -0.496 e. The largest absolute Gasteiger partial charge is 0.496 e. The van der Waals surface area contributed by atoms with E-state index in [2.05, 4.69) is 25.2 Å². The van der Waals surface area contributed by atoms with Gasteiger partial charge in [0.15, 0.2) is 0 Å². The lowest BCUT2D eigenvalue weighted by atomic mass is 10.0. The van der Waals surface area contributed by atoms with Gasteiger partial charge in [-0.2, -0.15) is 0 Å². The zero-order valence-electron chi connectivity index (χ0n) is 12.4. The molecule has 0 amide bonds. The number of benzene rings is 1. The standard InChI is InChI=1S/C15H25NO2S/c1-5-6-9-19(17)11-14(16-3)13-10-12(2)7-8-15(13)18-4/h7-8,10,14,16H,5-6,9,11H2,1-4H3. The van der Waals surface area contributed by atoms with Crippen LogP contribution in [0.5, 0.6) is 5.75 Å². The summed E-state index contributed by atoms with van der Waals surface area (Å²) in [4.78, 5) is 0. The van der Waals surface area contributed by atoms with Crippen molar-refractivity contribution >= 4 is 10.8 Å². The van der Waals surface area contributed by atoms with E-state index in [-0.39, 0.29) is 6.04 Å². The first kappa shape index (κ1) is 16.2. The molecule has 2 atom stereocenters. The molecule has 0 aliphatic rings. The van der Waals surface area contributed by atoms with Crippen LogP contribution in [0.1, 0.15) is 36.9 Å². The van der Waals surface area contributed by atoms with Crippen LogP contribution in [-0.4, -0.2) is 29.9 Å². The predicted octanol–water partition coefficient (Wildman–Crippen LogP) is 2.81. The fraction of sp³-hybridized carbons (Fsp3) is 0.600.